The third-order valence-electron chi connectivity index (χ3n) is 4.41. The second kappa shape index (κ2) is 10.2. The highest BCUT2D eigenvalue weighted by Gasteiger charge is 2.21. The number of hydrogen-bond acceptors (Lipinski definition) is 7. The molecule has 0 saturated heterocycles. The summed E-state index contributed by atoms with van der Waals surface area (Å²) in [5, 5.41) is 13.1. The average molecular weight is 377 g/mol. The molecule has 1 heterocycles. The lowest BCUT2D eigenvalue weighted by Gasteiger charge is -2.18. The van der Waals surface area contributed by atoms with Crippen LogP contribution in [0.1, 0.15) is 51.3 Å². The van der Waals surface area contributed by atoms with Crippen LogP contribution in [0.4, 0.5) is 5.82 Å². The van der Waals surface area contributed by atoms with Crippen molar-refractivity contribution in [1.29, 1.82) is 0 Å². The lowest BCUT2D eigenvalue weighted by atomic mass is 10.1. The van der Waals surface area contributed by atoms with E-state index >= 15 is 0 Å². The molecule has 0 atom stereocenters. The Bertz CT molecular complexity index is 750. The summed E-state index contributed by atoms with van der Waals surface area (Å²) in [6.07, 6.45) is 3.95. The van der Waals surface area contributed by atoms with E-state index in [2.05, 4.69) is 19.2 Å². The first kappa shape index (κ1) is 21.0. The van der Waals surface area contributed by atoms with Gasteiger partial charge in [0.05, 0.1) is 26.7 Å². The summed E-state index contributed by atoms with van der Waals surface area (Å²) >= 11 is 0. The van der Waals surface area contributed by atoms with Crippen LogP contribution in [0.5, 0.6) is 17.2 Å². The number of nitrogens with one attached hydrogen (secondary N) is 1. The molecule has 7 heteroatoms. The minimum absolute atomic E-state index is 0.178. The zero-order chi connectivity index (χ0) is 19.8. The van der Waals surface area contributed by atoms with Crippen molar-refractivity contribution >= 4 is 16.7 Å². The number of benzene rings is 1. The van der Waals surface area contributed by atoms with Gasteiger partial charge < -0.3 is 24.6 Å². The number of nitrogens with zero attached hydrogens (tertiary/aromatic N) is 2. The number of fused-ring (bicyclic) bond motifs is 1. The van der Waals surface area contributed by atoms with E-state index in [9.17, 15) is 0 Å². The van der Waals surface area contributed by atoms with Gasteiger partial charge in [-0.05, 0) is 18.9 Å². The number of aliphatic hydroxyl groups is 1. The van der Waals surface area contributed by atoms with Crippen molar-refractivity contribution in [3.8, 4) is 17.2 Å². The normalized spacial score (nSPS) is 11.1. The van der Waals surface area contributed by atoms with Gasteiger partial charge in [-0.25, -0.2) is 9.97 Å². The average Bonchev–Trinajstić information content (AvgIpc) is 2.68. The molecule has 150 valence electrons. The summed E-state index contributed by atoms with van der Waals surface area (Å²) < 4.78 is 16.6. The second-order valence-corrected chi connectivity index (χ2v) is 6.69. The molecule has 0 fully saturated rings. The van der Waals surface area contributed by atoms with Crippen LogP contribution in [-0.4, -0.2) is 49.6 Å². The molecule has 2 rings (SSSR count). The Morgan fingerprint density at radius 1 is 0.963 bits per heavy atom. The van der Waals surface area contributed by atoms with Crippen LogP contribution in [0, 0.1) is 0 Å². The van der Waals surface area contributed by atoms with Gasteiger partial charge in [0.2, 0.25) is 5.75 Å². The Morgan fingerprint density at radius 2 is 1.67 bits per heavy atom. The number of aromatic nitrogens is 2. The molecule has 7 nitrogen and oxygen atoms in total. The Kier molecular flexibility index (Phi) is 7.91. The number of hydrogen-bond donors (Lipinski definition) is 2. The van der Waals surface area contributed by atoms with Crippen LogP contribution in [0.15, 0.2) is 6.07 Å². The fraction of sp³-hybridized carbons (Fsp3) is 0.600. The summed E-state index contributed by atoms with van der Waals surface area (Å²) in [4.78, 5) is 9.45. The van der Waals surface area contributed by atoms with Crippen molar-refractivity contribution in [1.82, 2.24) is 9.97 Å². The minimum atomic E-state index is 0.178. The first-order chi connectivity index (χ1) is 13.1. The summed E-state index contributed by atoms with van der Waals surface area (Å²) in [6.45, 7) is 5.18. The number of unbranched alkanes of at least 4 members (excludes halogenated alkanes) is 3. The van der Waals surface area contributed by atoms with Crippen LogP contribution in [0.3, 0.4) is 0 Å². The summed E-state index contributed by atoms with van der Waals surface area (Å²) in [7, 11) is 4.78. The fourth-order valence-corrected chi connectivity index (χ4v) is 2.94. The van der Waals surface area contributed by atoms with Crippen molar-refractivity contribution in [3.63, 3.8) is 0 Å². The number of methoxy groups -OCH3 is 3. The second-order valence-electron chi connectivity index (χ2n) is 6.69. The zero-order valence-electron chi connectivity index (χ0n) is 17.0. The van der Waals surface area contributed by atoms with E-state index in [0.717, 1.165) is 49.3 Å². The van der Waals surface area contributed by atoms with Crippen molar-refractivity contribution in [2.45, 2.75) is 45.4 Å². The SMILES string of the molecule is COc1cc2c(NCCCCCCO)nc(C(C)C)nc2c(OC)c1OC. The zero-order valence-corrected chi connectivity index (χ0v) is 17.0. The smallest absolute Gasteiger partial charge is 0.205 e. The van der Waals surface area contributed by atoms with Gasteiger partial charge in [-0.15, -0.1) is 0 Å². The minimum Gasteiger partial charge on any atom is -0.493 e. The van der Waals surface area contributed by atoms with Crippen LogP contribution >= 0.6 is 0 Å². The van der Waals surface area contributed by atoms with Crippen molar-refractivity contribution < 1.29 is 19.3 Å². The molecule has 0 spiro atoms. The van der Waals surface area contributed by atoms with Crippen molar-refractivity contribution in [2.75, 3.05) is 39.8 Å². The van der Waals surface area contributed by atoms with E-state index < -0.39 is 0 Å². The number of aliphatic hydroxyl groups excluding tert-OH is 1. The molecule has 0 aliphatic carbocycles. The van der Waals surface area contributed by atoms with Crippen LogP contribution in [-0.2, 0) is 0 Å². The van der Waals surface area contributed by atoms with Gasteiger partial charge in [0.25, 0.3) is 0 Å². The Hall–Kier alpha value is -2.28. The molecule has 2 aromatic rings. The Balaban J connectivity index is 2.44. The summed E-state index contributed by atoms with van der Waals surface area (Å²) in [5.41, 5.74) is 0.705. The van der Waals surface area contributed by atoms with Crippen LogP contribution in [0.25, 0.3) is 10.9 Å². The largest absolute Gasteiger partial charge is 0.493 e. The first-order valence-corrected chi connectivity index (χ1v) is 9.42. The quantitative estimate of drug-likeness (QED) is 0.577. The molecule has 0 saturated carbocycles. The van der Waals surface area contributed by atoms with E-state index in [1.807, 2.05) is 6.07 Å². The number of rotatable bonds is 11. The summed E-state index contributed by atoms with van der Waals surface area (Å²) in [6, 6.07) is 1.88. The molecule has 0 amide bonds. The molecule has 0 aliphatic heterocycles. The van der Waals surface area contributed by atoms with Crippen LogP contribution < -0.4 is 19.5 Å². The van der Waals surface area contributed by atoms with E-state index in [0.29, 0.717) is 22.8 Å². The third-order valence-corrected chi connectivity index (χ3v) is 4.41. The monoisotopic (exact) mass is 377 g/mol. The molecular formula is C20H31N3O4. The van der Waals surface area contributed by atoms with E-state index in [1.165, 1.54) is 0 Å². The van der Waals surface area contributed by atoms with Gasteiger partial charge in [-0.3, -0.25) is 0 Å². The van der Waals surface area contributed by atoms with Crippen LogP contribution in [0.2, 0.25) is 0 Å². The van der Waals surface area contributed by atoms with Gasteiger partial charge in [0.1, 0.15) is 17.2 Å². The molecule has 1 aromatic carbocycles. The molecule has 0 radical (unpaired) electrons. The molecule has 2 N–H and O–H groups in total. The molecule has 0 aliphatic rings. The lowest BCUT2D eigenvalue weighted by molar-refractivity contribution is 0.283. The molecule has 1 aromatic heterocycles. The Morgan fingerprint density at radius 3 is 2.26 bits per heavy atom. The molecule has 0 bridgehead atoms. The maximum absolute atomic E-state index is 8.88. The lowest BCUT2D eigenvalue weighted by Crippen LogP contribution is -2.09. The Labute approximate surface area is 161 Å². The highest BCUT2D eigenvalue weighted by Crippen LogP contribution is 2.44. The van der Waals surface area contributed by atoms with Gasteiger partial charge in [0.15, 0.2) is 11.5 Å². The number of anilines is 1. The predicted octanol–water partition coefficient (Wildman–Crippen LogP) is 3.74. The van der Waals surface area contributed by atoms with Crippen molar-refractivity contribution in [3.05, 3.63) is 11.9 Å². The number of ether oxygens (including phenoxy) is 3. The molecule has 27 heavy (non-hydrogen) atoms. The maximum Gasteiger partial charge on any atom is 0.205 e. The highest BCUT2D eigenvalue weighted by atomic mass is 16.5. The van der Waals surface area contributed by atoms with E-state index in [-0.39, 0.29) is 12.5 Å². The first-order valence-electron chi connectivity index (χ1n) is 9.42. The molecular weight excluding hydrogens is 346 g/mol. The highest BCUT2D eigenvalue weighted by molar-refractivity contribution is 5.97. The fourth-order valence-electron chi connectivity index (χ4n) is 2.94. The van der Waals surface area contributed by atoms with Gasteiger partial charge >= 0.3 is 0 Å². The van der Waals surface area contributed by atoms with E-state index in [1.54, 1.807) is 21.3 Å². The predicted molar refractivity (Wildman–Crippen MR) is 107 cm³/mol. The van der Waals surface area contributed by atoms with Gasteiger partial charge in [-0.2, -0.15) is 0 Å². The molecule has 0 unspecified atom stereocenters. The van der Waals surface area contributed by atoms with Gasteiger partial charge in [0, 0.05) is 19.1 Å². The summed E-state index contributed by atoms with van der Waals surface area (Å²) in [5.74, 6) is 3.34. The maximum atomic E-state index is 8.88. The van der Waals surface area contributed by atoms with Crippen molar-refractivity contribution in [2.24, 2.45) is 0 Å². The topological polar surface area (TPSA) is 85.7 Å². The third kappa shape index (κ3) is 4.91. The van der Waals surface area contributed by atoms with E-state index in [4.69, 9.17) is 29.3 Å². The van der Waals surface area contributed by atoms with Gasteiger partial charge in [-0.1, -0.05) is 26.7 Å². The standard InChI is InChI=1S/C20H31N3O4/c1-13(2)19-22-16-14(12-15(25-3)17(26-4)18(16)27-5)20(23-19)21-10-8-6-7-9-11-24/h12-13,24H,6-11H2,1-5H3,(H,21,22,23).